The number of aliphatic hydroxyl groups excluding tert-OH is 1. The van der Waals surface area contributed by atoms with E-state index >= 15 is 0 Å². The Morgan fingerprint density at radius 2 is 2.06 bits per heavy atom. The van der Waals surface area contributed by atoms with Gasteiger partial charge in [0.2, 0.25) is 0 Å². The van der Waals surface area contributed by atoms with Gasteiger partial charge in [-0.2, -0.15) is 10.2 Å². The lowest BCUT2D eigenvalue weighted by atomic mass is 9.48. The summed E-state index contributed by atoms with van der Waals surface area (Å²) < 4.78 is 16.5. The molecule has 4 fully saturated rings. The maximum absolute atomic E-state index is 13.4. The van der Waals surface area contributed by atoms with Crippen molar-refractivity contribution >= 4 is 12.1 Å². The third-order valence-electron chi connectivity index (χ3n) is 7.78. The zero-order valence-electron chi connectivity index (χ0n) is 18.7. The lowest BCUT2D eigenvalue weighted by molar-refractivity contribution is -0.0969. The van der Waals surface area contributed by atoms with Crippen molar-refractivity contribution in [2.24, 2.45) is 28.6 Å². The fourth-order valence-electron chi connectivity index (χ4n) is 6.42. The average Bonchev–Trinajstić information content (AvgIpc) is 3.44. The Bertz CT molecular complexity index is 996. The number of hydrogen-bond donors (Lipinski definition) is 2. The van der Waals surface area contributed by atoms with Gasteiger partial charge < -0.3 is 10.4 Å². The van der Waals surface area contributed by atoms with Crippen LogP contribution >= 0.6 is 0 Å². The van der Waals surface area contributed by atoms with Crippen molar-refractivity contribution in [1.29, 1.82) is 0 Å². The molecule has 2 unspecified atom stereocenters. The summed E-state index contributed by atoms with van der Waals surface area (Å²) in [6.07, 6.45) is 13.8. The number of aromatic nitrogens is 4. The van der Waals surface area contributed by atoms with Gasteiger partial charge in [0.05, 0.1) is 12.9 Å². The molecule has 2 aromatic heterocycles. The van der Waals surface area contributed by atoms with E-state index in [2.05, 4.69) is 15.5 Å². The van der Waals surface area contributed by atoms with Crippen LogP contribution in [0.15, 0.2) is 30.7 Å². The average molecular weight is 442 g/mol. The molecule has 4 aliphatic carbocycles. The number of amides is 1. The molecule has 32 heavy (non-hydrogen) atoms. The van der Waals surface area contributed by atoms with E-state index in [1.807, 2.05) is 0 Å². The monoisotopic (exact) mass is 441 g/mol. The number of halogens is 1. The minimum Gasteiger partial charge on any atom is -0.396 e. The van der Waals surface area contributed by atoms with Gasteiger partial charge in [0.15, 0.2) is 5.82 Å². The molecule has 7 nitrogen and oxygen atoms in total. The van der Waals surface area contributed by atoms with E-state index in [1.54, 1.807) is 60.1 Å². The van der Waals surface area contributed by atoms with Gasteiger partial charge in [-0.3, -0.25) is 9.18 Å². The van der Waals surface area contributed by atoms with E-state index < -0.39 is 12.1 Å². The zero-order chi connectivity index (χ0) is 22.5. The smallest absolute Gasteiger partial charge is 0.257 e. The molecule has 2 heterocycles. The van der Waals surface area contributed by atoms with E-state index in [1.165, 1.54) is 0 Å². The molecule has 172 valence electrons. The molecule has 0 aliphatic heterocycles. The molecule has 1 amide bonds. The van der Waals surface area contributed by atoms with Crippen molar-refractivity contribution < 1.29 is 14.3 Å². The third-order valence-corrected chi connectivity index (χ3v) is 7.78. The van der Waals surface area contributed by atoms with Crippen LogP contribution in [0.4, 0.5) is 4.39 Å². The maximum Gasteiger partial charge on any atom is 0.257 e. The van der Waals surface area contributed by atoms with Gasteiger partial charge in [-0.1, -0.05) is 19.9 Å². The number of allylic oxidation sites excluding steroid dienone is 1. The predicted molar refractivity (Wildman–Crippen MR) is 119 cm³/mol. The SMILES string of the molecule is CC(C)(C=Cn1ncc(C(=O)NC2C3CC4CC2CC(CO)(C4)C3)c1-n1cccn1)CF. The van der Waals surface area contributed by atoms with E-state index in [0.29, 0.717) is 29.1 Å². The van der Waals surface area contributed by atoms with Crippen LogP contribution in [0.5, 0.6) is 0 Å². The molecule has 2 N–H and O–H groups in total. The molecule has 0 spiro atoms. The highest BCUT2D eigenvalue weighted by Crippen LogP contribution is 2.59. The van der Waals surface area contributed by atoms with E-state index in [0.717, 1.165) is 32.1 Å². The summed E-state index contributed by atoms with van der Waals surface area (Å²) in [5.41, 5.74) is -0.113. The van der Waals surface area contributed by atoms with Gasteiger partial charge in [-0.25, -0.2) is 9.36 Å². The number of aliphatic hydroxyl groups is 1. The Balaban J connectivity index is 1.41. The standard InChI is InChI=1S/C24H32FN5O2/c1-23(2,14-25)4-7-30-22(29-6-3-5-26-29)19(13-27-30)21(32)28-20-17-8-16-9-18(20)12-24(10-16,11-17)15-31/h3-7,13,16-18,20,31H,8-12,14-15H2,1-2H3,(H,28,32). The van der Waals surface area contributed by atoms with Gasteiger partial charge >= 0.3 is 0 Å². The maximum atomic E-state index is 13.4. The second-order valence-corrected chi connectivity index (χ2v) is 10.8. The number of carbonyl (C=O) groups excluding carboxylic acids is 1. The Kier molecular flexibility index (Phi) is 5.23. The number of alkyl halides is 1. The van der Waals surface area contributed by atoms with Crippen LogP contribution in [0, 0.1) is 28.6 Å². The van der Waals surface area contributed by atoms with Crippen LogP contribution in [0.1, 0.15) is 56.3 Å². The molecule has 0 aromatic carbocycles. The van der Waals surface area contributed by atoms with Gasteiger partial charge in [-0.05, 0) is 61.3 Å². The van der Waals surface area contributed by atoms with Crippen molar-refractivity contribution in [3.05, 3.63) is 36.3 Å². The fourth-order valence-corrected chi connectivity index (χ4v) is 6.42. The van der Waals surface area contributed by atoms with Gasteiger partial charge in [0.1, 0.15) is 5.56 Å². The van der Waals surface area contributed by atoms with Gasteiger partial charge in [0, 0.05) is 36.7 Å². The minimum absolute atomic E-state index is 0.0663. The second kappa shape index (κ2) is 7.83. The molecule has 8 heteroatoms. The fraction of sp³-hybridized carbons (Fsp3) is 0.625. The lowest BCUT2D eigenvalue weighted by Gasteiger charge is -2.59. The van der Waals surface area contributed by atoms with Crippen molar-refractivity contribution in [3.8, 4) is 5.82 Å². The van der Waals surface area contributed by atoms with Crippen molar-refractivity contribution in [2.75, 3.05) is 13.3 Å². The highest BCUT2D eigenvalue weighted by atomic mass is 19.1. The Morgan fingerprint density at radius 1 is 1.31 bits per heavy atom. The summed E-state index contributed by atoms with van der Waals surface area (Å²) in [5, 5.41) is 22.0. The molecule has 4 saturated carbocycles. The van der Waals surface area contributed by atoms with Crippen molar-refractivity contribution in [1.82, 2.24) is 24.9 Å². The summed E-state index contributed by atoms with van der Waals surface area (Å²) in [4.78, 5) is 13.4. The molecule has 2 atom stereocenters. The molecular weight excluding hydrogens is 409 g/mol. The summed E-state index contributed by atoms with van der Waals surface area (Å²) in [7, 11) is 0. The third kappa shape index (κ3) is 3.68. The highest BCUT2D eigenvalue weighted by molar-refractivity contribution is 5.97. The zero-order valence-corrected chi connectivity index (χ0v) is 18.7. The van der Waals surface area contributed by atoms with Crippen LogP contribution in [-0.4, -0.2) is 49.9 Å². The summed E-state index contributed by atoms with van der Waals surface area (Å²) in [5.74, 6) is 1.90. The first-order valence-electron chi connectivity index (χ1n) is 11.6. The Morgan fingerprint density at radius 3 is 2.69 bits per heavy atom. The van der Waals surface area contributed by atoms with Gasteiger partial charge in [0.25, 0.3) is 5.91 Å². The molecule has 0 saturated heterocycles. The first kappa shape index (κ1) is 21.4. The van der Waals surface area contributed by atoms with Crippen molar-refractivity contribution in [3.63, 3.8) is 0 Å². The molecule has 6 rings (SSSR count). The molecule has 4 aliphatic rings. The number of nitrogens with one attached hydrogen (secondary N) is 1. The Labute approximate surface area is 187 Å². The largest absolute Gasteiger partial charge is 0.396 e. The lowest BCUT2D eigenvalue weighted by Crippen LogP contribution is -2.60. The van der Waals surface area contributed by atoms with Crippen LogP contribution in [0.2, 0.25) is 0 Å². The minimum atomic E-state index is -0.626. The summed E-state index contributed by atoms with van der Waals surface area (Å²) in [6.45, 7) is 3.38. The summed E-state index contributed by atoms with van der Waals surface area (Å²) in [6, 6.07) is 1.92. The predicted octanol–water partition coefficient (Wildman–Crippen LogP) is 3.45. The van der Waals surface area contributed by atoms with E-state index in [-0.39, 0.29) is 24.0 Å². The van der Waals surface area contributed by atoms with E-state index in [4.69, 9.17) is 0 Å². The summed E-state index contributed by atoms with van der Waals surface area (Å²) >= 11 is 0. The number of carbonyl (C=O) groups is 1. The molecular formula is C24H32FN5O2. The number of rotatable bonds is 7. The quantitative estimate of drug-likeness (QED) is 0.689. The molecule has 4 bridgehead atoms. The first-order chi connectivity index (χ1) is 15.3. The molecule has 0 radical (unpaired) electrons. The van der Waals surface area contributed by atoms with Crippen LogP contribution in [0.3, 0.4) is 0 Å². The van der Waals surface area contributed by atoms with E-state index in [9.17, 15) is 14.3 Å². The molecule has 2 aromatic rings. The number of hydrogen-bond acceptors (Lipinski definition) is 4. The van der Waals surface area contributed by atoms with Gasteiger partial charge in [-0.15, -0.1) is 0 Å². The Hall–Kier alpha value is -2.48. The number of nitrogens with zero attached hydrogens (tertiary/aromatic N) is 4. The van der Waals surface area contributed by atoms with Crippen LogP contribution in [-0.2, 0) is 0 Å². The van der Waals surface area contributed by atoms with Crippen molar-refractivity contribution in [2.45, 2.75) is 52.0 Å². The van der Waals surface area contributed by atoms with Crippen LogP contribution in [0.25, 0.3) is 12.0 Å². The first-order valence-corrected chi connectivity index (χ1v) is 11.6. The topological polar surface area (TPSA) is 85.0 Å². The highest BCUT2D eigenvalue weighted by Gasteiger charge is 2.55. The van der Waals surface area contributed by atoms with Crippen LogP contribution < -0.4 is 5.32 Å². The normalized spacial score (nSPS) is 31.5. The second-order valence-electron chi connectivity index (χ2n) is 10.8.